The molecule has 192 valence electrons. The molecule has 13 heteroatoms. The van der Waals surface area contributed by atoms with Gasteiger partial charge in [-0.05, 0) is 43.5 Å². The summed E-state index contributed by atoms with van der Waals surface area (Å²) in [4.78, 5) is 17.7. The monoisotopic (exact) mass is 524 g/mol. The molecule has 0 unspecified atom stereocenters. The Hall–Kier alpha value is -4.15. The Labute approximate surface area is 212 Å². The molecule has 0 saturated heterocycles. The highest BCUT2D eigenvalue weighted by Gasteiger charge is 2.32. The van der Waals surface area contributed by atoms with E-state index < -0.39 is 16.1 Å². The van der Waals surface area contributed by atoms with Crippen LogP contribution in [0.5, 0.6) is 11.5 Å². The topological polar surface area (TPSA) is 161 Å². The van der Waals surface area contributed by atoms with E-state index >= 15 is 0 Å². The summed E-state index contributed by atoms with van der Waals surface area (Å²) in [5, 5.41) is 20.3. The fourth-order valence-corrected chi connectivity index (χ4v) is 5.58. The summed E-state index contributed by atoms with van der Waals surface area (Å²) >= 11 is 0. The Morgan fingerprint density at radius 1 is 1.27 bits per heavy atom. The van der Waals surface area contributed by atoms with Gasteiger partial charge in [-0.1, -0.05) is 11.8 Å². The van der Waals surface area contributed by atoms with Crippen molar-refractivity contribution in [2.24, 2.45) is 10.9 Å². The number of hydrogen-bond acceptors (Lipinski definition) is 10. The van der Waals surface area contributed by atoms with Crippen molar-refractivity contribution in [3.8, 4) is 17.2 Å². The predicted molar refractivity (Wildman–Crippen MR) is 135 cm³/mol. The number of phenols is 1. The molecule has 0 atom stereocenters. The molecule has 1 fully saturated rings. The molecule has 12 nitrogen and oxygen atoms in total. The van der Waals surface area contributed by atoms with Gasteiger partial charge < -0.3 is 19.7 Å². The Morgan fingerprint density at radius 2 is 2.08 bits per heavy atom. The highest BCUT2D eigenvalue weighted by molar-refractivity contribution is 7.92. The zero-order valence-electron chi connectivity index (χ0n) is 20.0. The van der Waals surface area contributed by atoms with Crippen LogP contribution in [0.1, 0.15) is 25.6 Å². The minimum atomic E-state index is -3.75. The van der Waals surface area contributed by atoms with E-state index in [-0.39, 0.29) is 51.7 Å². The number of rotatable bonds is 8. The lowest BCUT2D eigenvalue weighted by molar-refractivity contribution is 0.0526. The number of aliphatic hydroxyl groups is 1. The number of fused-ring (bicyclic) bond motifs is 1. The van der Waals surface area contributed by atoms with Crippen LogP contribution < -0.4 is 9.46 Å². The second-order valence-electron chi connectivity index (χ2n) is 8.52. The van der Waals surface area contributed by atoms with Gasteiger partial charge in [-0.25, -0.2) is 28.4 Å². The molecule has 0 amide bonds. The molecule has 0 spiro atoms. The highest BCUT2D eigenvalue weighted by atomic mass is 32.2. The number of para-hydroxylation sites is 1. The van der Waals surface area contributed by atoms with Gasteiger partial charge in [-0.15, -0.1) is 0 Å². The van der Waals surface area contributed by atoms with E-state index in [1.807, 2.05) is 6.92 Å². The number of nitrogens with zero attached hydrogens (tertiary/aromatic N) is 5. The number of phenolic OH excluding ortho intramolecular Hbond substituents is 1. The number of nitrogens with one attached hydrogen (secondary N) is 1. The summed E-state index contributed by atoms with van der Waals surface area (Å²) in [6.07, 6.45) is 3.22. The lowest BCUT2D eigenvalue weighted by Gasteiger charge is -2.30. The van der Waals surface area contributed by atoms with Gasteiger partial charge in [-0.2, -0.15) is 0 Å². The van der Waals surface area contributed by atoms with Gasteiger partial charge in [-0.3, -0.25) is 9.29 Å². The van der Waals surface area contributed by atoms with E-state index in [9.17, 15) is 18.6 Å². The molecule has 0 radical (unpaired) electrons. The summed E-state index contributed by atoms with van der Waals surface area (Å²) in [7, 11) is -2.30. The Morgan fingerprint density at radius 3 is 2.81 bits per heavy atom. The molecule has 1 aliphatic heterocycles. The van der Waals surface area contributed by atoms with Crippen LogP contribution in [0.3, 0.4) is 0 Å². The molecule has 3 heterocycles. The van der Waals surface area contributed by atoms with Crippen molar-refractivity contribution in [2.75, 3.05) is 24.2 Å². The summed E-state index contributed by atoms with van der Waals surface area (Å²) in [5.41, 5.74) is 6.49. The van der Waals surface area contributed by atoms with Gasteiger partial charge in [0, 0.05) is 0 Å². The third kappa shape index (κ3) is 4.93. The number of sulfonamides is 1. The molecular formula is C24H24N6O6S. The van der Waals surface area contributed by atoms with Gasteiger partial charge in [0.05, 0.1) is 37.8 Å². The number of aliphatic imine (C=N–C) groups is 1. The maximum atomic E-state index is 12.7. The number of anilines is 1. The Kier molecular flexibility index (Phi) is 6.45. The van der Waals surface area contributed by atoms with E-state index in [0.717, 1.165) is 0 Å². The van der Waals surface area contributed by atoms with Crippen LogP contribution in [-0.4, -0.2) is 69.6 Å². The van der Waals surface area contributed by atoms with Crippen molar-refractivity contribution in [1.82, 2.24) is 19.5 Å². The lowest BCUT2D eigenvalue weighted by Crippen LogP contribution is -2.35. The number of aromatic nitrogens is 4. The average Bonchev–Trinajstić information content (AvgIpc) is 3.21. The maximum absolute atomic E-state index is 12.7. The van der Waals surface area contributed by atoms with Crippen LogP contribution in [0.4, 0.5) is 5.82 Å². The molecule has 1 saturated carbocycles. The first-order chi connectivity index (χ1) is 17.8. The van der Waals surface area contributed by atoms with Crippen molar-refractivity contribution in [2.45, 2.75) is 25.9 Å². The number of aliphatic hydroxyl groups excluding tert-OH is 1. The number of ether oxygens (including phenoxy) is 2. The molecule has 2 aliphatic rings. The number of benzene rings is 1. The normalized spacial score (nSPS) is 18.8. The molecule has 1 aromatic carbocycles. The first kappa shape index (κ1) is 24.5. The molecule has 0 bridgehead atoms. The van der Waals surface area contributed by atoms with Crippen LogP contribution >= 0.6 is 0 Å². The summed E-state index contributed by atoms with van der Waals surface area (Å²) < 4.78 is 40.3. The smallest absolute Gasteiger partial charge is 0.234 e. The predicted octanol–water partition coefficient (Wildman–Crippen LogP) is 2.14. The highest BCUT2D eigenvalue weighted by Crippen LogP contribution is 2.37. The summed E-state index contributed by atoms with van der Waals surface area (Å²) in [5.74, 6) is 0.387. The SMILES string of the molecule is CCOC1=NC(c2nc3ncc(NS(=O)(=O)C[C@H]4C[C@H](O)C4)nc3n2-c2c(O)cccc2OC)=C=C=C1. The van der Waals surface area contributed by atoms with E-state index in [1.54, 1.807) is 12.1 Å². The second kappa shape index (κ2) is 9.72. The summed E-state index contributed by atoms with van der Waals surface area (Å²) in [6, 6.07) is 4.74. The molecule has 3 N–H and O–H groups in total. The van der Waals surface area contributed by atoms with E-state index in [1.165, 1.54) is 30.0 Å². The van der Waals surface area contributed by atoms with Gasteiger partial charge in [0.1, 0.15) is 17.2 Å². The molecule has 5 rings (SSSR count). The molecular weight excluding hydrogens is 500 g/mol. The van der Waals surface area contributed by atoms with E-state index in [4.69, 9.17) is 9.47 Å². The zero-order valence-corrected chi connectivity index (χ0v) is 20.9. The van der Waals surface area contributed by atoms with E-state index in [2.05, 4.69) is 36.1 Å². The number of aromatic hydroxyl groups is 1. The fraction of sp³-hybridized carbons (Fsp3) is 0.333. The third-order valence-corrected chi connectivity index (χ3v) is 7.26. The van der Waals surface area contributed by atoms with Gasteiger partial charge >= 0.3 is 0 Å². The van der Waals surface area contributed by atoms with Crippen LogP contribution in [0, 0.1) is 5.92 Å². The van der Waals surface area contributed by atoms with Crippen LogP contribution in [0.25, 0.3) is 22.7 Å². The lowest BCUT2D eigenvalue weighted by atomic mass is 9.84. The number of imidazole rings is 1. The van der Waals surface area contributed by atoms with Crippen LogP contribution in [0.2, 0.25) is 0 Å². The van der Waals surface area contributed by atoms with Crippen molar-refractivity contribution in [3.63, 3.8) is 0 Å². The minimum absolute atomic E-state index is 0.0268. The van der Waals surface area contributed by atoms with Gasteiger partial charge in [0.2, 0.25) is 15.9 Å². The molecule has 1 aliphatic carbocycles. The van der Waals surface area contributed by atoms with Gasteiger partial charge in [0.25, 0.3) is 0 Å². The molecule has 37 heavy (non-hydrogen) atoms. The van der Waals surface area contributed by atoms with Gasteiger partial charge in [0.15, 0.2) is 28.6 Å². The Balaban J connectivity index is 1.65. The van der Waals surface area contributed by atoms with E-state index in [0.29, 0.717) is 31.1 Å². The first-order valence-corrected chi connectivity index (χ1v) is 13.2. The largest absolute Gasteiger partial charge is 0.506 e. The van der Waals surface area contributed by atoms with Crippen molar-refractivity contribution >= 4 is 38.7 Å². The standard InChI is InChI=1S/C24H24N6O6S/c1-3-36-20-9-4-6-16(26-20)23-28-22-24(30(23)21-17(32)7-5-8-18(21)35-2)27-19(12-25-22)29-37(33,34)13-14-10-15(31)11-14/h5,7-9,12,14-15,31-32H,3,10-11,13H2,1-2H3,(H,27,29)/t14-,15-. The third-order valence-electron chi connectivity index (χ3n) is 5.83. The average molecular weight is 525 g/mol. The quantitative estimate of drug-likeness (QED) is 0.375. The maximum Gasteiger partial charge on any atom is 0.234 e. The van der Waals surface area contributed by atoms with Crippen molar-refractivity contribution < 1.29 is 28.1 Å². The van der Waals surface area contributed by atoms with Crippen LogP contribution in [-0.2, 0) is 14.8 Å². The number of hydrogen-bond donors (Lipinski definition) is 3. The molecule has 2 aromatic heterocycles. The Bertz CT molecular complexity index is 1610. The minimum Gasteiger partial charge on any atom is -0.506 e. The zero-order chi connectivity index (χ0) is 26.2. The van der Waals surface area contributed by atoms with Crippen molar-refractivity contribution in [3.05, 3.63) is 47.8 Å². The summed E-state index contributed by atoms with van der Waals surface area (Å²) in [6.45, 7) is 2.21. The first-order valence-electron chi connectivity index (χ1n) is 11.5. The van der Waals surface area contributed by atoms with Crippen molar-refractivity contribution in [1.29, 1.82) is 0 Å². The number of methoxy groups -OCH3 is 1. The fourth-order valence-electron chi connectivity index (χ4n) is 4.18. The molecule has 3 aromatic rings. The second-order valence-corrected chi connectivity index (χ2v) is 10.3. The van der Waals surface area contributed by atoms with Crippen LogP contribution in [0.15, 0.2) is 46.9 Å².